The lowest BCUT2D eigenvalue weighted by atomic mass is 10.4. The molecule has 2 heterocycles. The van der Waals surface area contributed by atoms with Crippen LogP contribution in [0.4, 0.5) is 0 Å². The van der Waals surface area contributed by atoms with Crippen LogP contribution < -0.4 is 0 Å². The van der Waals surface area contributed by atoms with E-state index in [0.717, 1.165) is 16.5 Å². The maximum Gasteiger partial charge on any atom is 0.189 e. The van der Waals surface area contributed by atoms with E-state index < -0.39 is 0 Å². The zero-order valence-corrected chi connectivity index (χ0v) is 10.6. The van der Waals surface area contributed by atoms with Crippen molar-refractivity contribution in [1.82, 2.24) is 19.7 Å². The molecule has 0 aromatic carbocycles. The first-order valence-corrected chi connectivity index (χ1v) is 6.14. The fourth-order valence-electron chi connectivity index (χ4n) is 1.29. The first kappa shape index (κ1) is 11.4. The van der Waals surface area contributed by atoms with Crippen LogP contribution in [0, 0.1) is 13.8 Å². The lowest BCUT2D eigenvalue weighted by Crippen LogP contribution is -1.99. The quantitative estimate of drug-likeness (QED) is 0.624. The molecule has 0 atom stereocenters. The summed E-state index contributed by atoms with van der Waals surface area (Å²) in [5.74, 6) is 0.620. The van der Waals surface area contributed by atoms with Crippen LogP contribution in [0.1, 0.15) is 11.4 Å². The number of halogens is 1. The molecule has 0 N–H and O–H groups in total. The van der Waals surface area contributed by atoms with Gasteiger partial charge in [-0.05, 0) is 26.0 Å². The van der Waals surface area contributed by atoms with Crippen LogP contribution in [0.5, 0.6) is 0 Å². The highest BCUT2D eigenvalue weighted by atomic mass is 35.5. The van der Waals surface area contributed by atoms with Crippen molar-refractivity contribution in [3.63, 3.8) is 0 Å². The highest BCUT2D eigenvalue weighted by Gasteiger charge is 2.03. The molecule has 6 heteroatoms. The van der Waals surface area contributed by atoms with Gasteiger partial charge in [0.1, 0.15) is 5.15 Å². The van der Waals surface area contributed by atoms with Gasteiger partial charge in [0, 0.05) is 11.4 Å². The van der Waals surface area contributed by atoms with Gasteiger partial charge in [0.25, 0.3) is 0 Å². The van der Waals surface area contributed by atoms with Gasteiger partial charge in [-0.3, -0.25) is 0 Å². The number of hydrogen-bond acceptors (Lipinski definition) is 4. The van der Waals surface area contributed by atoms with Crippen molar-refractivity contribution in [3.05, 3.63) is 34.9 Å². The molecule has 0 saturated carbocycles. The lowest BCUT2D eigenvalue weighted by molar-refractivity contribution is 0.747. The van der Waals surface area contributed by atoms with Gasteiger partial charge in [-0.25, -0.2) is 14.6 Å². The minimum absolute atomic E-state index is 0.620. The van der Waals surface area contributed by atoms with Crippen LogP contribution in [0.15, 0.2) is 23.5 Å². The molecule has 4 nitrogen and oxygen atoms in total. The Hall–Kier alpha value is -1.07. The fourth-order valence-corrected chi connectivity index (χ4v) is 2.38. The Morgan fingerprint density at radius 3 is 2.56 bits per heavy atom. The van der Waals surface area contributed by atoms with Crippen LogP contribution in [-0.4, -0.2) is 19.7 Å². The molecule has 0 aliphatic heterocycles. The van der Waals surface area contributed by atoms with Gasteiger partial charge in [-0.1, -0.05) is 23.4 Å². The molecule has 0 amide bonds. The molecule has 16 heavy (non-hydrogen) atoms. The molecule has 0 radical (unpaired) electrons. The summed E-state index contributed by atoms with van der Waals surface area (Å²) in [7, 11) is 0. The third kappa shape index (κ3) is 2.74. The first-order valence-electron chi connectivity index (χ1n) is 4.77. The highest BCUT2D eigenvalue weighted by Crippen LogP contribution is 2.18. The molecule has 2 rings (SSSR count). The normalized spacial score (nSPS) is 10.7. The monoisotopic (exact) mass is 254 g/mol. The third-order valence-electron chi connectivity index (χ3n) is 1.94. The summed E-state index contributed by atoms with van der Waals surface area (Å²) in [6, 6.07) is 3.70. The molecular weight excluding hydrogens is 244 g/mol. The Kier molecular flexibility index (Phi) is 3.46. The Morgan fingerprint density at radius 2 is 2.00 bits per heavy atom. The largest absolute Gasteiger partial charge is 0.244 e. The van der Waals surface area contributed by atoms with E-state index in [1.807, 2.05) is 19.9 Å². The second-order valence-electron chi connectivity index (χ2n) is 3.36. The van der Waals surface area contributed by atoms with Gasteiger partial charge in [0.2, 0.25) is 0 Å². The van der Waals surface area contributed by atoms with Crippen molar-refractivity contribution in [2.24, 2.45) is 0 Å². The molecule has 2 aromatic rings. The smallest absolute Gasteiger partial charge is 0.189 e. The predicted octanol–water partition coefficient (Wildman–Crippen LogP) is 2.69. The Morgan fingerprint density at radius 1 is 1.31 bits per heavy atom. The van der Waals surface area contributed by atoms with Crippen molar-refractivity contribution in [2.45, 2.75) is 24.9 Å². The van der Waals surface area contributed by atoms with Crippen LogP contribution in [-0.2, 0) is 5.88 Å². The maximum absolute atomic E-state index is 5.91. The molecule has 0 fully saturated rings. The predicted molar refractivity (Wildman–Crippen MR) is 64.6 cm³/mol. The van der Waals surface area contributed by atoms with E-state index in [1.54, 1.807) is 16.9 Å². The SMILES string of the molecule is Cc1cc(C)nc(SCn2nccc2Cl)n1. The zero-order chi connectivity index (χ0) is 11.5. The Balaban J connectivity index is 2.07. The number of rotatable bonds is 3. The summed E-state index contributed by atoms with van der Waals surface area (Å²) < 4.78 is 1.70. The average molecular weight is 255 g/mol. The molecule has 0 bridgehead atoms. The lowest BCUT2D eigenvalue weighted by Gasteiger charge is -2.03. The minimum Gasteiger partial charge on any atom is -0.244 e. The summed E-state index contributed by atoms with van der Waals surface area (Å²) in [6.45, 7) is 3.92. The molecule has 2 aromatic heterocycles. The number of hydrogen-bond donors (Lipinski definition) is 0. The summed E-state index contributed by atoms with van der Waals surface area (Å²) in [6.07, 6.45) is 1.67. The highest BCUT2D eigenvalue weighted by molar-refractivity contribution is 7.98. The molecule has 0 aliphatic rings. The van der Waals surface area contributed by atoms with Gasteiger partial charge in [-0.15, -0.1) is 0 Å². The molecule has 0 spiro atoms. The number of thioether (sulfide) groups is 1. The molecule has 84 valence electrons. The first-order chi connectivity index (χ1) is 7.65. The minimum atomic E-state index is 0.620. The van der Waals surface area contributed by atoms with Crippen molar-refractivity contribution in [1.29, 1.82) is 0 Å². The van der Waals surface area contributed by atoms with E-state index in [2.05, 4.69) is 15.1 Å². The zero-order valence-electron chi connectivity index (χ0n) is 9.01. The Bertz CT molecular complexity index is 477. The number of aromatic nitrogens is 4. The molecule has 0 saturated heterocycles. The maximum atomic E-state index is 5.91. The van der Waals surface area contributed by atoms with Crippen molar-refractivity contribution < 1.29 is 0 Å². The van der Waals surface area contributed by atoms with E-state index in [1.165, 1.54) is 11.8 Å². The van der Waals surface area contributed by atoms with Crippen molar-refractivity contribution >= 4 is 23.4 Å². The van der Waals surface area contributed by atoms with Crippen LogP contribution in [0.2, 0.25) is 5.15 Å². The number of nitrogens with zero attached hydrogens (tertiary/aromatic N) is 4. The summed E-state index contributed by atoms with van der Waals surface area (Å²) in [4.78, 5) is 8.66. The standard InChI is InChI=1S/C10H11ClN4S/c1-7-5-8(2)14-10(13-7)16-6-15-9(11)3-4-12-15/h3-5H,6H2,1-2H3. The third-order valence-corrected chi connectivity index (χ3v) is 3.08. The van der Waals surface area contributed by atoms with Gasteiger partial charge < -0.3 is 0 Å². The molecule has 0 unspecified atom stereocenters. The van der Waals surface area contributed by atoms with E-state index in [4.69, 9.17) is 11.6 Å². The molecular formula is C10H11ClN4S. The van der Waals surface area contributed by atoms with E-state index in [-0.39, 0.29) is 0 Å². The fraction of sp³-hybridized carbons (Fsp3) is 0.300. The van der Waals surface area contributed by atoms with Gasteiger partial charge in [0.05, 0.1) is 12.1 Å². The summed E-state index contributed by atoms with van der Waals surface area (Å²) in [5, 5.41) is 5.46. The molecule has 0 aliphatic carbocycles. The van der Waals surface area contributed by atoms with Crippen LogP contribution in [0.3, 0.4) is 0 Å². The Labute approximate surface area is 103 Å². The van der Waals surface area contributed by atoms with E-state index >= 15 is 0 Å². The topological polar surface area (TPSA) is 43.6 Å². The second kappa shape index (κ2) is 4.84. The van der Waals surface area contributed by atoms with Crippen LogP contribution >= 0.6 is 23.4 Å². The summed E-state index contributed by atoms with van der Waals surface area (Å²) >= 11 is 7.43. The number of aryl methyl sites for hydroxylation is 2. The van der Waals surface area contributed by atoms with Crippen LogP contribution in [0.25, 0.3) is 0 Å². The van der Waals surface area contributed by atoms with Crippen molar-refractivity contribution in [2.75, 3.05) is 0 Å². The second-order valence-corrected chi connectivity index (χ2v) is 4.66. The van der Waals surface area contributed by atoms with Crippen molar-refractivity contribution in [3.8, 4) is 0 Å². The van der Waals surface area contributed by atoms with E-state index in [9.17, 15) is 0 Å². The average Bonchev–Trinajstić information content (AvgIpc) is 2.59. The van der Waals surface area contributed by atoms with Gasteiger partial charge >= 0.3 is 0 Å². The summed E-state index contributed by atoms with van der Waals surface area (Å²) in [5.41, 5.74) is 1.95. The van der Waals surface area contributed by atoms with Gasteiger partial charge in [0.15, 0.2) is 5.16 Å². The van der Waals surface area contributed by atoms with Gasteiger partial charge in [-0.2, -0.15) is 5.10 Å². The van der Waals surface area contributed by atoms with E-state index in [0.29, 0.717) is 11.0 Å².